The van der Waals surface area contributed by atoms with Crippen molar-refractivity contribution >= 4 is 5.97 Å². The van der Waals surface area contributed by atoms with Crippen molar-refractivity contribution in [2.24, 2.45) is 0 Å². The SMILES string of the molecule is CCCCCCCCCN1CCOCC1C(=O)O. The number of nitrogens with zero attached hydrogens (tertiary/aromatic N) is 1. The summed E-state index contributed by atoms with van der Waals surface area (Å²) in [6.07, 6.45) is 8.88. The number of rotatable bonds is 9. The van der Waals surface area contributed by atoms with Gasteiger partial charge in [-0.15, -0.1) is 0 Å². The molecule has 106 valence electrons. The van der Waals surface area contributed by atoms with Crippen LogP contribution in [0.2, 0.25) is 0 Å². The van der Waals surface area contributed by atoms with Crippen molar-refractivity contribution in [1.82, 2.24) is 4.90 Å². The summed E-state index contributed by atoms with van der Waals surface area (Å²) in [5.74, 6) is -0.752. The van der Waals surface area contributed by atoms with Gasteiger partial charge in [-0.25, -0.2) is 0 Å². The highest BCUT2D eigenvalue weighted by Crippen LogP contribution is 2.11. The highest BCUT2D eigenvalue weighted by atomic mass is 16.5. The van der Waals surface area contributed by atoms with Crippen LogP contribution >= 0.6 is 0 Å². The molecule has 18 heavy (non-hydrogen) atoms. The van der Waals surface area contributed by atoms with Crippen molar-refractivity contribution in [3.05, 3.63) is 0 Å². The van der Waals surface area contributed by atoms with Gasteiger partial charge in [0.15, 0.2) is 0 Å². The average Bonchev–Trinajstić information content (AvgIpc) is 2.38. The summed E-state index contributed by atoms with van der Waals surface area (Å²) in [5.41, 5.74) is 0. The lowest BCUT2D eigenvalue weighted by atomic mass is 10.1. The summed E-state index contributed by atoms with van der Waals surface area (Å²) >= 11 is 0. The second-order valence-electron chi connectivity index (χ2n) is 5.09. The van der Waals surface area contributed by atoms with Gasteiger partial charge in [0, 0.05) is 6.54 Å². The minimum atomic E-state index is -0.752. The maximum atomic E-state index is 11.1. The third-order valence-electron chi connectivity index (χ3n) is 3.57. The van der Waals surface area contributed by atoms with Crippen molar-refractivity contribution in [1.29, 1.82) is 0 Å². The van der Waals surface area contributed by atoms with Crippen LogP contribution in [0, 0.1) is 0 Å². The van der Waals surface area contributed by atoms with E-state index >= 15 is 0 Å². The van der Waals surface area contributed by atoms with Crippen molar-refractivity contribution < 1.29 is 14.6 Å². The van der Waals surface area contributed by atoms with Gasteiger partial charge in [-0.1, -0.05) is 45.4 Å². The van der Waals surface area contributed by atoms with Crippen LogP contribution < -0.4 is 0 Å². The fourth-order valence-electron chi connectivity index (χ4n) is 2.41. The van der Waals surface area contributed by atoms with Gasteiger partial charge in [0.05, 0.1) is 13.2 Å². The molecule has 1 N–H and O–H groups in total. The van der Waals surface area contributed by atoms with Crippen LogP contribution in [0.3, 0.4) is 0 Å². The minimum Gasteiger partial charge on any atom is -0.480 e. The normalized spacial score (nSPS) is 21.1. The molecule has 1 saturated heterocycles. The topological polar surface area (TPSA) is 49.8 Å². The summed E-state index contributed by atoms with van der Waals surface area (Å²) in [4.78, 5) is 13.1. The first kappa shape index (κ1) is 15.4. The van der Waals surface area contributed by atoms with E-state index in [1.165, 1.54) is 38.5 Å². The molecule has 1 fully saturated rings. The summed E-state index contributed by atoms with van der Waals surface area (Å²) in [6.45, 7) is 4.89. The Labute approximate surface area is 110 Å². The molecule has 1 rings (SSSR count). The summed E-state index contributed by atoms with van der Waals surface area (Å²) in [7, 11) is 0. The van der Waals surface area contributed by atoms with E-state index in [-0.39, 0.29) is 0 Å². The van der Waals surface area contributed by atoms with E-state index in [9.17, 15) is 4.79 Å². The Kier molecular flexibility index (Phi) is 8.01. The molecule has 4 nitrogen and oxygen atoms in total. The number of morpholine rings is 1. The Morgan fingerprint density at radius 1 is 1.22 bits per heavy atom. The lowest BCUT2D eigenvalue weighted by Crippen LogP contribution is -2.50. The number of hydrogen-bond acceptors (Lipinski definition) is 3. The Balaban J connectivity index is 2.07. The molecule has 1 heterocycles. The average molecular weight is 257 g/mol. The standard InChI is InChI=1S/C14H27NO3/c1-2-3-4-5-6-7-8-9-15-10-11-18-12-13(15)14(16)17/h13H,2-12H2,1H3,(H,16,17). The molecule has 0 bridgehead atoms. The quantitative estimate of drug-likeness (QED) is 0.645. The highest BCUT2D eigenvalue weighted by Gasteiger charge is 2.28. The van der Waals surface area contributed by atoms with Gasteiger partial charge in [-0.05, 0) is 13.0 Å². The van der Waals surface area contributed by atoms with Crippen molar-refractivity contribution in [3.63, 3.8) is 0 Å². The van der Waals surface area contributed by atoms with E-state index in [0.29, 0.717) is 13.2 Å². The Hall–Kier alpha value is -0.610. The summed E-state index contributed by atoms with van der Waals surface area (Å²) in [5, 5.41) is 9.09. The number of aliphatic carboxylic acids is 1. The number of carboxylic acids is 1. The first-order chi connectivity index (χ1) is 8.75. The molecule has 1 unspecified atom stereocenters. The maximum Gasteiger partial charge on any atom is 0.323 e. The van der Waals surface area contributed by atoms with Gasteiger partial charge >= 0.3 is 5.97 Å². The fourth-order valence-corrected chi connectivity index (χ4v) is 2.41. The van der Waals surface area contributed by atoms with Gasteiger partial charge in [-0.2, -0.15) is 0 Å². The Bertz CT molecular complexity index is 233. The van der Waals surface area contributed by atoms with Gasteiger partial charge < -0.3 is 9.84 Å². The second-order valence-corrected chi connectivity index (χ2v) is 5.09. The zero-order valence-corrected chi connectivity index (χ0v) is 11.6. The molecule has 0 aromatic carbocycles. The monoisotopic (exact) mass is 257 g/mol. The van der Waals surface area contributed by atoms with E-state index in [1.54, 1.807) is 0 Å². The number of hydrogen-bond donors (Lipinski definition) is 1. The first-order valence-electron chi connectivity index (χ1n) is 7.30. The predicted octanol–water partition coefficient (Wildman–Crippen LogP) is 2.52. The molecular formula is C14H27NO3. The Morgan fingerprint density at radius 2 is 1.89 bits per heavy atom. The summed E-state index contributed by atoms with van der Waals surface area (Å²) < 4.78 is 5.22. The van der Waals surface area contributed by atoms with E-state index < -0.39 is 12.0 Å². The van der Waals surface area contributed by atoms with Crippen molar-refractivity contribution in [2.75, 3.05) is 26.3 Å². The van der Waals surface area contributed by atoms with Gasteiger partial charge in [0.2, 0.25) is 0 Å². The zero-order valence-electron chi connectivity index (χ0n) is 11.6. The van der Waals surface area contributed by atoms with Crippen molar-refractivity contribution in [2.45, 2.75) is 57.9 Å². The van der Waals surface area contributed by atoms with Crippen LogP contribution in [0.25, 0.3) is 0 Å². The van der Waals surface area contributed by atoms with Crippen LogP contribution in [-0.4, -0.2) is 48.3 Å². The fraction of sp³-hybridized carbons (Fsp3) is 0.929. The van der Waals surface area contributed by atoms with Crippen LogP contribution in [0.15, 0.2) is 0 Å². The molecule has 4 heteroatoms. The molecule has 0 amide bonds. The van der Waals surface area contributed by atoms with E-state index in [0.717, 1.165) is 19.5 Å². The van der Waals surface area contributed by atoms with Gasteiger partial charge in [-0.3, -0.25) is 9.69 Å². The molecule has 0 aromatic heterocycles. The molecule has 0 radical (unpaired) electrons. The van der Waals surface area contributed by atoms with Crippen molar-refractivity contribution in [3.8, 4) is 0 Å². The van der Waals surface area contributed by atoms with Crippen LogP contribution in [0.4, 0.5) is 0 Å². The minimum absolute atomic E-state index is 0.339. The number of carboxylic acid groups (broad SMARTS) is 1. The molecule has 0 aliphatic carbocycles. The zero-order chi connectivity index (χ0) is 13.2. The first-order valence-corrected chi connectivity index (χ1v) is 7.30. The lowest BCUT2D eigenvalue weighted by Gasteiger charge is -2.32. The van der Waals surface area contributed by atoms with Crippen LogP contribution in [0.5, 0.6) is 0 Å². The molecule has 0 saturated carbocycles. The molecule has 0 spiro atoms. The third kappa shape index (κ3) is 5.83. The van der Waals surface area contributed by atoms with Crippen LogP contribution in [0.1, 0.15) is 51.9 Å². The second kappa shape index (κ2) is 9.34. The van der Waals surface area contributed by atoms with Crippen LogP contribution in [-0.2, 0) is 9.53 Å². The maximum absolute atomic E-state index is 11.1. The highest BCUT2D eigenvalue weighted by molar-refractivity contribution is 5.73. The number of carbonyl (C=O) groups is 1. The molecule has 1 atom stereocenters. The molecule has 1 aliphatic heterocycles. The molecule has 1 aliphatic rings. The predicted molar refractivity (Wildman–Crippen MR) is 71.8 cm³/mol. The van der Waals surface area contributed by atoms with Gasteiger partial charge in [0.1, 0.15) is 6.04 Å². The number of unbranched alkanes of at least 4 members (excludes halogenated alkanes) is 6. The third-order valence-corrected chi connectivity index (χ3v) is 3.57. The van der Waals surface area contributed by atoms with Gasteiger partial charge in [0.25, 0.3) is 0 Å². The Morgan fingerprint density at radius 3 is 2.56 bits per heavy atom. The number of ether oxygens (including phenoxy) is 1. The largest absolute Gasteiger partial charge is 0.480 e. The van der Waals surface area contributed by atoms with E-state index in [1.807, 2.05) is 0 Å². The van der Waals surface area contributed by atoms with E-state index in [2.05, 4.69) is 11.8 Å². The summed E-state index contributed by atoms with van der Waals surface area (Å²) in [6, 6.07) is -0.432. The molecule has 0 aromatic rings. The van der Waals surface area contributed by atoms with E-state index in [4.69, 9.17) is 9.84 Å². The lowest BCUT2D eigenvalue weighted by molar-refractivity contribution is -0.149. The molecular weight excluding hydrogens is 230 g/mol. The smallest absolute Gasteiger partial charge is 0.323 e.